The molecule has 1 heterocycles. The average molecular weight is 312 g/mol. The predicted octanol–water partition coefficient (Wildman–Crippen LogP) is 3.63. The van der Waals surface area contributed by atoms with E-state index in [1.54, 1.807) is 6.26 Å². The Hall–Kier alpha value is -2.07. The Balaban J connectivity index is 1.52. The van der Waals surface area contributed by atoms with Crippen LogP contribution < -0.4 is 10.6 Å². The van der Waals surface area contributed by atoms with Crippen LogP contribution in [-0.4, -0.2) is 11.9 Å². The summed E-state index contributed by atoms with van der Waals surface area (Å²) in [6, 6.07) is 12.1. The molecule has 1 amide bonds. The fraction of sp³-hybridized carbons (Fsp3) is 0.421. The third-order valence-corrected chi connectivity index (χ3v) is 4.39. The summed E-state index contributed by atoms with van der Waals surface area (Å²) in [4.78, 5) is 12.2. The van der Waals surface area contributed by atoms with E-state index in [2.05, 4.69) is 16.7 Å². The quantitative estimate of drug-likeness (QED) is 0.856. The van der Waals surface area contributed by atoms with Crippen molar-refractivity contribution in [1.82, 2.24) is 10.6 Å². The highest BCUT2D eigenvalue weighted by molar-refractivity contribution is 5.94. The van der Waals surface area contributed by atoms with Gasteiger partial charge >= 0.3 is 0 Å². The number of hydrogen-bond donors (Lipinski definition) is 2. The largest absolute Gasteiger partial charge is 0.467 e. The Bertz CT molecular complexity index is 616. The van der Waals surface area contributed by atoms with Crippen LogP contribution >= 0.6 is 0 Å². The molecule has 1 fully saturated rings. The maximum atomic E-state index is 12.2. The molecule has 0 spiro atoms. The number of carbonyl (C=O) groups is 1. The van der Waals surface area contributed by atoms with E-state index in [0.717, 1.165) is 17.9 Å². The van der Waals surface area contributed by atoms with E-state index < -0.39 is 0 Å². The Morgan fingerprint density at radius 3 is 2.74 bits per heavy atom. The third-order valence-electron chi connectivity index (χ3n) is 4.39. The van der Waals surface area contributed by atoms with Crippen LogP contribution in [0.15, 0.2) is 47.1 Å². The minimum absolute atomic E-state index is 0.0686. The van der Waals surface area contributed by atoms with E-state index in [1.807, 2.05) is 30.3 Å². The molecule has 0 saturated heterocycles. The lowest BCUT2D eigenvalue weighted by Gasteiger charge is -2.23. The Kier molecular flexibility index (Phi) is 5.48. The first-order valence-electron chi connectivity index (χ1n) is 8.44. The van der Waals surface area contributed by atoms with Crippen LogP contribution in [0, 0.1) is 0 Å². The number of nitrogens with one attached hydrogen (secondary N) is 2. The summed E-state index contributed by atoms with van der Waals surface area (Å²) in [5.74, 6) is 0.689. The summed E-state index contributed by atoms with van der Waals surface area (Å²) in [7, 11) is 0. The standard InChI is InChI=1S/C19H24N2O2/c22-19(21-14-18-10-5-11-23-18)16-7-4-6-15(12-16)13-20-17-8-2-1-3-9-17/h4-7,10-12,17,20H,1-3,8-9,13-14H2,(H,21,22). The minimum atomic E-state index is -0.0686. The molecule has 2 N–H and O–H groups in total. The van der Waals surface area contributed by atoms with Gasteiger partial charge in [-0.3, -0.25) is 4.79 Å². The molecule has 0 unspecified atom stereocenters. The molecule has 4 nitrogen and oxygen atoms in total. The first-order chi connectivity index (χ1) is 11.3. The van der Waals surface area contributed by atoms with E-state index in [9.17, 15) is 4.79 Å². The zero-order chi connectivity index (χ0) is 15.9. The van der Waals surface area contributed by atoms with Crippen molar-refractivity contribution in [2.24, 2.45) is 0 Å². The number of amides is 1. The first-order valence-corrected chi connectivity index (χ1v) is 8.44. The van der Waals surface area contributed by atoms with Crippen molar-refractivity contribution < 1.29 is 9.21 Å². The monoisotopic (exact) mass is 312 g/mol. The van der Waals surface area contributed by atoms with Gasteiger partial charge in [0.1, 0.15) is 5.76 Å². The number of hydrogen-bond acceptors (Lipinski definition) is 3. The van der Waals surface area contributed by atoms with E-state index >= 15 is 0 Å². The summed E-state index contributed by atoms with van der Waals surface area (Å²) in [6.07, 6.45) is 8.16. The molecular weight excluding hydrogens is 288 g/mol. The predicted molar refractivity (Wildman–Crippen MR) is 90.0 cm³/mol. The topological polar surface area (TPSA) is 54.3 Å². The summed E-state index contributed by atoms with van der Waals surface area (Å²) in [6.45, 7) is 1.24. The highest BCUT2D eigenvalue weighted by Crippen LogP contribution is 2.18. The third kappa shape index (κ3) is 4.70. The van der Waals surface area contributed by atoms with Crippen molar-refractivity contribution in [2.45, 2.75) is 51.2 Å². The van der Waals surface area contributed by atoms with Crippen LogP contribution in [0.4, 0.5) is 0 Å². The Morgan fingerprint density at radius 1 is 1.09 bits per heavy atom. The van der Waals surface area contributed by atoms with Crippen molar-refractivity contribution in [2.75, 3.05) is 0 Å². The molecule has 1 aromatic heterocycles. The van der Waals surface area contributed by atoms with Crippen molar-refractivity contribution in [3.8, 4) is 0 Å². The van der Waals surface area contributed by atoms with Gasteiger partial charge in [-0.15, -0.1) is 0 Å². The van der Waals surface area contributed by atoms with Crippen LogP contribution in [0.3, 0.4) is 0 Å². The lowest BCUT2D eigenvalue weighted by Crippen LogP contribution is -2.30. The van der Waals surface area contributed by atoms with Gasteiger partial charge in [0.15, 0.2) is 0 Å². The zero-order valence-corrected chi connectivity index (χ0v) is 13.4. The molecule has 122 valence electrons. The molecule has 0 bridgehead atoms. The van der Waals surface area contributed by atoms with Gasteiger partial charge in [-0.2, -0.15) is 0 Å². The van der Waals surface area contributed by atoms with Crippen molar-refractivity contribution >= 4 is 5.91 Å². The van der Waals surface area contributed by atoms with Crippen LogP contribution in [0.1, 0.15) is 53.8 Å². The van der Waals surface area contributed by atoms with E-state index in [1.165, 1.54) is 32.1 Å². The lowest BCUT2D eigenvalue weighted by atomic mass is 9.95. The van der Waals surface area contributed by atoms with Gasteiger partial charge in [0.25, 0.3) is 5.91 Å². The molecule has 1 aliphatic rings. The van der Waals surface area contributed by atoms with E-state index in [-0.39, 0.29) is 5.91 Å². The smallest absolute Gasteiger partial charge is 0.251 e. The average Bonchev–Trinajstić information content (AvgIpc) is 3.12. The van der Waals surface area contributed by atoms with Gasteiger partial charge in [0, 0.05) is 18.2 Å². The van der Waals surface area contributed by atoms with Crippen LogP contribution in [0.25, 0.3) is 0 Å². The highest BCUT2D eigenvalue weighted by atomic mass is 16.3. The fourth-order valence-electron chi connectivity index (χ4n) is 3.07. The first kappa shape index (κ1) is 15.8. The lowest BCUT2D eigenvalue weighted by molar-refractivity contribution is 0.0948. The summed E-state index contributed by atoms with van der Waals surface area (Å²) < 4.78 is 5.22. The van der Waals surface area contributed by atoms with Gasteiger partial charge in [0.2, 0.25) is 0 Å². The maximum Gasteiger partial charge on any atom is 0.251 e. The molecule has 0 radical (unpaired) electrons. The normalized spacial score (nSPS) is 15.5. The molecule has 1 aliphatic carbocycles. The van der Waals surface area contributed by atoms with Gasteiger partial charge in [0.05, 0.1) is 12.8 Å². The number of carbonyl (C=O) groups excluding carboxylic acids is 1. The summed E-state index contributed by atoms with van der Waals surface area (Å²) >= 11 is 0. The van der Waals surface area contributed by atoms with Crippen LogP contribution in [0.2, 0.25) is 0 Å². The van der Waals surface area contributed by atoms with Gasteiger partial charge in [-0.05, 0) is 42.7 Å². The second kappa shape index (κ2) is 7.97. The van der Waals surface area contributed by atoms with Gasteiger partial charge in [-0.1, -0.05) is 31.4 Å². The molecule has 3 rings (SSSR count). The Morgan fingerprint density at radius 2 is 1.96 bits per heavy atom. The SMILES string of the molecule is O=C(NCc1ccco1)c1cccc(CNC2CCCCC2)c1. The number of furan rings is 1. The molecule has 1 saturated carbocycles. The summed E-state index contributed by atoms with van der Waals surface area (Å²) in [5, 5.41) is 6.49. The van der Waals surface area contributed by atoms with Gasteiger partial charge < -0.3 is 15.1 Å². The van der Waals surface area contributed by atoms with Crippen molar-refractivity contribution in [3.05, 3.63) is 59.5 Å². The minimum Gasteiger partial charge on any atom is -0.467 e. The van der Waals surface area contributed by atoms with E-state index in [4.69, 9.17) is 4.42 Å². The maximum absolute atomic E-state index is 12.2. The molecule has 2 aromatic rings. The molecular formula is C19H24N2O2. The molecule has 1 aromatic carbocycles. The number of rotatable bonds is 6. The molecule has 0 aliphatic heterocycles. The zero-order valence-electron chi connectivity index (χ0n) is 13.4. The number of benzene rings is 1. The summed E-state index contributed by atoms with van der Waals surface area (Å²) in [5.41, 5.74) is 1.85. The fourth-order valence-corrected chi connectivity index (χ4v) is 3.07. The highest BCUT2D eigenvalue weighted by Gasteiger charge is 2.13. The van der Waals surface area contributed by atoms with Crippen LogP contribution in [0.5, 0.6) is 0 Å². The van der Waals surface area contributed by atoms with E-state index in [0.29, 0.717) is 18.2 Å². The second-order valence-electron chi connectivity index (χ2n) is 6.18. The molecule has 23 heavy (non-hydrogen) atoms. The van der Waals surface area contributed by atoms with Crippen molar-refractivity contribution in [3.63, 3.8) is 0 Å². The van der Waals surface area contributed by atoms with Crippen molar-refractivity contribution in [1.29, 1.82) is 0 Å². The van der Waals surface area contributed by atoms with Crippen LogP contribution in [-0.2, 0) is 13.1 Å². The Labute approximate surface area is 137 Å². The molecule has 0 atom stereocenters. The van der Waals surface area contributed by atoms with Gasteiger partial charge in [-0.25, -0.2) is 0 Å². The second-order valence-corrected chi connectivity index (χ2v) is 6.18. The molecule has 4 heteroatoms.